The predicted molar refractivity (Wildman–Crippen MR) is 57.8 cm³/mol. The largest absolute Gasteiger partial charge is 0.870 e. The zero-order valence-electron chi connectivity index (χ0n) is 9.51. The van der Waals surface area contributed by atoms with Crippen LogP contribution >= 0.6 is 0 Å². The first kappa shape index (κ1) is 19.7. The minimum absolute atomic E-state index is 0. The summed E-state index contributed by atoms with van der Waals surface area (Å²) in [5, 5.41) is 8.89. The summed E-state index contributed by atoms with van der Waals surface area (Å²) in [6.45, 7) is 5.55. The van der Waals surface area contributed by atoms with Crippen LogP contribution < -0.4 is 5.11 Å². The van der Waals surface area contributed by atoms with Gasteiger partial charge in [0.15, 0.2) is 0 Å². The Labute approximate surface area is 97.8 Å². The summed E-state index contributed by atoms with van der Waals surface area (Å²) in [6, 6.07) is 0. The summed E-state index contributed by atoms with van der Waals surface area (Å²) in [4.78, 5) is 8.89. The second kappa shape index (κ2) is 18.9. The number of carbonyl (C=O) groups excluding carboxylic acids is 1. The maximum Gasteiger partial charge on any atom is -0.870 e. The van der Waals surface area contributed by atoms with Crippen LogP contribution in [0.15, 0.2) is 0 Å². The molecule has 0 aliphatic carbocycles. The first-order chi connectivity index (χ1) is 6.15. The molecular weight excluding hydrogens is 287 g/mol. The van der Waals surface area contributed by atoms with Crippen LogP contribution in [0, 0.1) is 0 Å². The van der Waals surface area contributed by atoms with E-state index in [1.165, 1.54) is 25.7 Å². The number of hydrogen-bond acceptors (Lipinski definition) is 3. The molecule has 0 heterocycles. The van der Waals surface area contributed by atoms with Gasteiger partial charge >= 0.3 is 69.5 Å². The molecule has 0 aromatic rings. The van der Waals surface area contributed by atoms with Crippen LogP contribution in [0.25, 0.3) is 0 Å². The van der Waals surface area contributed by atoms with Gasteiger partial charge < -0.3 is 15.4 Å². The van der Waals surface area contributed by atoms with Crippen molar-refractivity contribution in [2.24, 2.45) is 0 Å². The van der Waals surface area contributed by atoms with Crippen LogP contribution in [-0.2, 0) is 4.79 Å². The molecule has 1 N–H and O–H groups in total. The molecule has 0 radical (unpaired) electrons. The fourth-order valence-electron chi connectivity index (χ4n) is 0.729. The smallest absolute Gasteiger partial charge is 0.870 e. The number of unbranched alkanes of at least 4 members (excludes halogenated alkanes) is 2. The summed E-state index contributed by atoms with van der Waals surface area (Å²) in [5.74, 6) is -1.08. The van der Waals surface area contributed by atoms with E-state index in [4.69, 9.17) is 9.90 Å². The molecule has 0 fully saturated rings. The Morgan fingerprint density at radius 1 is 1.14 bits per heavy atom. The topological polar surface area (TPSA) is 70.1 Å². The summed E-state index contributed by atoms with van der Waals surface area (Å²) in [5.41, 5.74) is 0. The number of rotatable bonds is 6. The van der Waals surface area contributed by atoms with E-state index in [0.717, 1.165) is 6.92 Å². The third-order valence-electron chi connectivity index (χ3n) is 1.41. The molecule has 0 rings (SSSR count). The van der Waals surface area contributed by atoms with E-state index in [1.54, 1.807) is 8.87 Å². The average molecular weight is 309 g/mol. The third kappa shape index (κ3) is 39.7. The van der Waals surface area contributed by atoms with Gasteiger partial charge in [0.05, 0.1) is 0 Å². The molecule has 0 aromatic heterocycles. The van der Waals surface area contributed by atoms with Crippen LogP contribution in [0.5, 0.6) is 0 Å². The van der Waals surface area contributed by atoms with Crippen molar-refractivity contribution in [2.75, 3.05) is 0 Å². The first-order valence-corrected chi connectivity index (χ1v) is 9.07. The van der Waals surface area contributed by atoms with E-state index >= 15 is 0 Å². The Balaban J connectivity index is -0.000000209. The molecular formula is C10H22O3Sn. The molecule has 14 heavy (non-hydrogen) atoms. The van der Waals surface area contributed by atoms with Crippen molar-refractivity contribution in [3.8, 4) is 0 Å². The Hall–Kier alpha value is 0.229. The van der Waals surface area contributed by atoms with E-state index in [-0.39, 0.29) is 26.6 Å². The maximum atomic E-state index is 8.89. The van der Waals surface area contributed by atoms with Gasteiger partial charge in [-0.15, -0.1) is 0 Å². The van der Waals surface area contributed by atoms with Crippen molar-refractivity contribution in [1.82, 2.24) is 0 Å². The SMILES string of the molecule is CC(=O)[O-].CCC[CH2][Sn+2][CH2]CCC.[OH-]. The van der Waals surface area contributed by atoms with Crippen molar-refractivity contribution in [1.29, 1.82) is 0 Å². The summed E-state index contributed by atoms with van der Waals surface area (Å²) in [7, 11) is 0. The molecule has 0 saturated heterocycles. The van der Waals surface area contributed by atoms with Gasteiger partial charge in [0, 0.05) is 5.97 Å². The zero-order valence-corrected chi connectivity index (χ0v) is 12.4. The monoisotopic (exact) mass is 310 g/mol. The average Bonchev–Trinajstić information content (AvgIpc) is 2.03. The van der Waals surface area contributed by atoms with Gasteiger partial charge in [-0.2, -0.15) is 0 Å². The summed E-state index contributed by atoms with van der Waals surface area (Å²) < 4.78 is 3.25. The van der Waals surface area contributed by atoms with Crippen LogP contribution in [0.4, 0.5) is 0 Å². The van der Waals surface area contributed by atoms with Crippen LogP contribution in [0.1, 0.15) is 46.5 Å². The minimum atomic E-state index is -1.08. The van der Waals surface area contributed by atoms with Gasteiger partial charge in [-0.25, -0.2) is 0 Å². The molecule has 0 unspecified atom stereocenters. The Kier molecular flexibility index (Phi) is 26.7. The predicted octanol–water partition coefficient (Wildman–Crippen LogP) is 1.71. The number of aliphatic carboxylic acids is 1. The normalized spacial score (nSPS) is 7.64. The fourth-order valence-corrected chi connectivity index (χ4v) is 4.89. The van der Waals surface area contributed by atoms with E-state index < -0.39 is 5.97 Å². The van der Waals surface area contributed by atoms with Gasteiger partial charge in [-0.1, -0.05) is 0 Å². The van der Waals surface area contributed by atoms with Crippen molar-refractivity contribution in [3.05, 3.63) is 0 Å². The van der Waals surface area contributed by atoms with Gasteiger partial charge in [-0.05, 0) is 6.92 Å². The van der Waals surface area contributed by atoms with Crippen molar-refractivity contribution >= 4 is 27.1 Å². The van der Waals surface area contributed by atoms with Crippen LogP contribution in [-0.4, -0.2) is 32.6 Å². The molecule has 84 valence electrons. The van der Waals surface area contributed by atoms with E-state index in [1.807, 2.05) is 0 Å². The minimum Gasteiger partial charge on any atom is -0.870 e. The summed E-state index contributed by atoms with van der Waals surface area (Å²) >= 11 is 0.149. The fraction of sp³-hybridized carbons (Fsp3) is 0.900. The second-order valence-corrected chi connectivity index (χ2v) is 7.23. The van der Waals surface area contributed by atoms with Crippen LogP contribution in [0.3, 0.4) is 0 Å². The standard InChI is InChI=1S/2C4H9.C2H4O2.H2O.Sn/c2*1-3-4-2;1-2(3)4;;/h2*1,3-4H2,2H3;1H3,(H,3,4);1H2;/q;;;;+2/p-2. The number of carboxylic acid groups (broad SMARTS) is 1. The molecule has 0 aromatic carbocycles. The number of hydrogen-bond donors (Lipinski definition) is 0. The number of carbonyl (C=O) groups is 1. The summed E-state index contributed by atoms with van der Waals surface area (Å²) in [6.07, 6.45) is 5.84. The maximum absolute atomic E-state index is 8.89. The van der Waals surface area contributed by atoms with E-state index in [0.29, 0.717) is 0 Å². The molecule has 0 spiro atoms. The second-order valence-electron chi connectivity index (χ2n) is 2.95. The quantitative estimate of drug-likeness (QED) is 0.554. The third-order valence-corrected chi connectivity index (χ3v) is 5.45. The Bertz CT molecular complexity index is 97.5. The molecule has 0 bridgehead atoms. The first-order valence-electron chi connectivity index (χ1n) is 5.03. The van der Waals surface area contributed by atoms with E-state index in [9.17, 15) is 0 Å². The van der Waals surface area contributed by atoms with Gasteiger partial charge in [0.25, 0.3) is 0 Å². The van der Waals surface area contributed by atoms with Gasteiger partial charge in [-0.3, -0.25) is 0 Å². The molecule has 3 nitrogen and oxygen atoms in total. The van der Waals surface area contributed by atoms with E-state index in [2.05, 4.69) is 13.8 Å². The van der Waals surface area contributed by atoms with Gasteiger partial charge in [0.2, 0.25) is 0 Å². The van der Waals surface area contributed by atoms with Crippen molar-refractivity contribution in [3.63, 3.8) is 0 Å². The Morgan fingerprint density at radius 3 is 1.64 bits per heavy atom. The van der Waals surface area contributed by atoms with Crippen molar-refractivity contribution < 1.29 is 15.4 Å². The molecule has 0 atom stereocenters. The molecule has 0 aliphatic rings. The molecule has 0 aliphatic heterocycles. The molecule has 4 heteroatoms. The van der Waals surface area contributed by atoms with Crippen molar-refractivity contribution in [2.45, 2.75) is 55.3 Å². The van der Waals surface area contributed by atoms with Crippen LogP contribution in [0.2, 0.25) is 8.87 Å². The number of carboxylic acids is 1. The van der Waals surface area contributed by atoms with Gasteiger partial charge in [0.1, 0.15) is 0 Å². The molecule has 0 saturated carbocycles. The molecule has 0 amide bonds. The Morgan fingerprint density at radius 2 is 1.43 bits per heavy atom. The zero-order chi connectivity index (χ0) is 10.5.